The summed E-state index contributed by atoms with van der Waals surface area (Å²) in [6, 6.07) is 4.35. The van der Waals surface area contributed by atoms with Crippen molar-refractivity contribution < 1.29 is 14.3 Å². The van der Waals surface area contributed by atoms with E-state index in [-0.39, 0.29) is 24.0 Å². The fourth-order valence-electron chi connectivity index (χ4n) is 1.83. The second kappa shape index (κ2) is 6.35. The lowest BCUT2D eigenvalue weighted by atomic mass is 9.85. The Bertz CT molecular complexity index is 527. The third-order valence-corrected chi connectivity index (χ3v) is 3.17. The van der Waals surface area contributed by atoms with Crippen molar-refractivity contribution in [3.05, 3.63) is 29.6 Å². The number of aliphatic hydroxyl groups excluding tert-OH is 1. The molecule has 1 aromatic rings. The summed E-state index contributed by atoms with van der Waals surface area (Å²) in [7, 11) is 0. The molecule has 1 aliphatic rings. The lowest BCUT2D eigenvalue weighted by molar-refractivity contribution is -0.122. The SMILES string of the molecule is O=C(Nc1ccc(F)c(C#CCCO)c1)C1CCC1. The molecule has 0 saturated heterocycles. The van der Waals surface area contributed by atoms with Gasteiger partial charge in [-0.15, -0.1) is 0 Å². The second-order valence-corrected chi connectivity index (χ2v) is 4.59. The molecule has 0 radical (unpaired) electrons. The minimum atomic E-state index is -0.424. The molecule has 2 N–H and O–H groups in total. The van der Waals surface area contributed by atoms with Gasteiger partial charge in [0.1, 0.15) is 5.82 Å². The monoisotopic (exact) mass is 261 g/mol. The Balaban J connectivity index is 2.07. The number of rotatable bonds is 3. The standard InChI is InChI=1S/C15H16FNO2/c16-14-8-7-13(10-12(14)4-1-2-9-18)17-15(19)11-5-3-6-11/h7-8,10-11,18H,2-3,5-6,9H2,(H,17,19). The number of amides is 1. The first-order valence-electron chi connectivity index (χ1n) is 6.41. The Labute approximate surface area is 111 Å². The quantitative estimate of drug-likeness (QED) is 0.820. The number of hydrogen-bond donors (Lipinski definition) is 2. The Morgan fingerprint density at radius 3 is 2.89 bits per heavy atom. The van der Waals surface area contributed by atoms with E-state index in [1.165, 1.54) is 18.2 Å². The molecule has 0 unspecified atom stereocenters. The summed E-state index contributed by atoms with van der Waals surface area (Å²) < 4.78 is 13.5. The first-order valence-corrected chi connectivity index (χ1v) is 6.41. The first kappa shape index (κ1) is 13.6. The molecule has 1 amide bonds. The molecular weight excluding hydrogens is 245 g/mol. The van der Waals surface area contributed by atoms with Crippen molar-refractivity contribution in [2.45, 2.75) is 25.7 Å². The zero-order chi connectivity index (χ0) is 13.7. The van der Waals surface area contributed by atoms with Crippen LogP contribution in [-0.2, 0) is 4.79 Å². The average Bonchev–Trinajstić information content (AvgIpc) is 2.31. The molecule has 0 spiro atoms. The predicted octanol–water partition coefficient (Wildman–Crippen LogP) is 2.30. The highest BCUT2D eigenvalue weighted by Gasteiger charge is 2.25. The first-order chi connectivity index (χ1) is 9.20. The van der Waals surface area contributed by atoms with E-state index in [9.17, 15) is 9.18 Å². The maximum atomic E-state index is 13.5. The second-order valence-electron chi connectivity index (χ2n) is 4.59. The lowest BCUT2D eigenvalue weighted by Crippen LogP contribution is -2.28. The molecular formula is C15H16FNO2. The van der Waals surface area contributed by atoms with E-state index < -0.39 is 5.82 Å². The summed E-state index contributed by atoms with van der Waals surface area (Å²) in [5, 5.41) is 11.4. The Kier molecular flexibility index (Phi) is 4.53. The van der Waals surface area contributed by atoms with Crippen molar-refractivity contribution >= 4 is 11.6 Å². The van der Waals surface area contributed by atoms with E-state index in [0.717, 1.165) is 19.3 Å². The Morgan fingerprint density at radius 2 is 2.26 bits per heavy atom. The number of benzene rings is 1. The zero-order valence-electron chi connectivity index (χ0n) is 10.6. The van der Waals surface area contributed by atoms with Crippen LogP contribution in [0, 0.1) is 23.6 Å². The number of carbonyl (C=O) groups is 1. The van der Waals surface area contributed by atoms with Crippen molar-refractivity contribution in [1.29, 1.82) is 0 Å². The van der Waals surface area contributed by atoms with Gasteiger partial charge < -0.3 is 10.4 Å². The minimum Gasteiger partial charge on any atom is -0.395 e. The minimum absolute atomic E-state index is 0.00729. The Hall–Kier alpha value is -1.86. The van der Waals surface area contributed by atoms with Gasteiger partial charge in [0, 0.05) is 18.0 Å². The van der Waals surface area contributed by atoms with Crippen LogP contribution in [0.15, 0.2) is 18.2 Å². The van der Waals surface area contributed by atoms with Gasteiger partial charge in [0.2, 0.25) is 5.91 Å². The maximum Gasteiger partial charge on any atom is 0.227 e. The largest absolute Gasteiger partial charge is 0.395 e. The fraction of sp³-hybridized carbons (Fsp3) is 0.400. The number of anilines is 1. The van der Waals surface area contributed by atoms with Crippen LogP contribution in [-0.4, -0.2) is 17.6 Å². The van der Waals surface area contributed by atoms with Crippen LogP contribution in [0.5, 0.6) is 0 Å². The number of carbonyl (C=O) groups excluding carboxylic acids is 1. The van der Waals surface area contributed by atoms with Crippen LogP contribution >= 0.6 is 0 Å². The van der Waals surface area contributed by atoms with Crippen LogP contribution < -0.4 is 5.32 Å². The zero-order valence-corrected chi connectivity index (χ0v) is 10.6. The van der Waals surface area contributed by atoms with Gasteiger partial charge in [-0.25, -0.2) is 4.39 Å². The summed E-state index contributed by atoms with van der Waals surface area (Å²) in [5.74, 6) is 4.97. The van der Waals surface area contributed by atoms with E-state index in [1.807, 2.05) is 0 Å². The molecule has 4 heteroatoms. The third kappa shape index (κ3) is 3.55. The molecule has 1 saturated carbocycles. The van der Waals surface area contributed by atoms with Crippen LogP contribution in [0.2, 0.25) is 0 Å². The molecule has 0 bridgehead atoms. The van der Waals surface area contributed by atoms with E-state index in [2.05, 4.69) is 17.2 Å². The van der Waals surface area contributed by atoms with Gasteiger partial charge >= 0.3 is 0 Å². The summed E-state index contributed by atoms with van der Waals surface area (Å²) >= 11 is 0. The summed E-state index contributed by atoms with van der Waals surface area (Å²) in [4.78, 5) is 11.8. The molecule has 100 valence electrons. The highest BCUT2D eigenvalue weighted by molar-refractivity contribution is 5.93. The van der Waals surface area contributed by atoms with Crippen LogP contribution in [0.3, 0.4) is 0 Å². The van der Waals surface area contributed by atoms with Crippen molar-refractivity contribution in [2.24, 2.45) is 5.92 Å². The van der Waals surface area contributed by atoms with E-state index in [0.29, 0.717) is 12.1 Å². The van der Waals surface area contributed by atoms with Crippen LogP contribution in [0.4, 0.5) is 10.1 Å². The fourth-order valence-corrected chi connectivity index (χ4v) is 1.83. The maximum absolute atomic E-state index is 13.5. The summed E-state index contributed by atoms with van der Waals surface area (Å²) in [5.41, 5.74) is 0.798. The highest BCUT2D eigenvalue weighted by Crippen LogP contribution is 2.27. The van der Waals surface area contributed by atoms with E-state index in [4.69, 9.17) is 5.11 Å². The molecule has 19 heavy (non-hydrogen) atoms. The van der Waals surface area contributed by atoms with Crippen LogP contribution in [0.1, 0.15) is 31.2 Å². The van der Waals surface area contributed by atoms with Gasteiger partial charge in [-0.3, -0.25) is 4.79 Å². The molecule has 1 fully saturated rings. The molecule has 0 aromatic heterocycles. The van der Waals surface area contributed by atoms with Crippen LogP contribution in [0.25, 0.3) is 0 Å². The normalized spacial score (nSPS) is 14.2. The van der Waals surface area contributed by atoms with E-state index >= 15 is 0 Å². The molecule has 1 aromatic carbocycles. The van der Waals surface area contributed by atoms with E-state index in [1.54, 1.807) is 0 Å². The predicted molar refractivity (Wildman–Crippen MR) is 71.0 cm³/mol. The highest BCUT2D eigenvalue weighted by atomic mass is 19.1. The molecule has 0 aliphatic heterocycles. The van der Waals surface area contributed by atoms with Crippen molar-refractivity contribution in [3.8, 4) is 11.8 Å². The van der Waals surface area contributed by atoms with Crippen molar-refractivity contribution in [1.82, 2.24) is 0 Å². The number of hydrogen-bond acceptors (Lipinski definition) is 2. The molecule has 2 rings (SSSR count). The van der Waals surface area contributed by atoms with Gasteiger partial charge in [-0.2, -0.15) is 0 Å². The molecule has 0 atom stereocenters. The number of aliphatic hydroxyl groups is 1. The molecule has 3 nitrogen and oxygen atoms in total. The van der Waals surface area contributed by atoms with Crippen molar-refractivity contribution in [2.75, 3.05) is 11.9 Å². The summed E-state index contributed by atoms with van der Waals surface area (Å²) in [6.07, 6.45) is 3.25. The Morgan fingerprint density at radius 1 is 1.47 bits per heavy atom. The summed E-state index contributed by atoms with van der Waals surface area (Å²) in [6.45, 7) is -0.0489. The molecule has 1 aliphatic carbocycles. The third-order valence-electron chi connectivity index (χ3n) is 3.17. The van der Waals surface area contributed by atoms with Crippen molar-refractivity contribution in [3.63, 3.8) is 0 Å². The van der Waals surface area contributed by atoms with Gasteiger partial charge in [0.05, 0.1) is 12.2 Å². The number of nitrogens with one attached hydrogen (secondary N) is 1. The van der Waals surface area contributed by atoms with Gasteiger partial charge in [0.15, 0.2) is 0 Å². The van der Waals surface area contributed by atoms with Gasteiger partial charge in [-0.05, 0) is 31.0 Å². The van der Waals surface area contributed by atoms with Gasteiger partial charge in [-0.1, -0.05) is 18.3 Å². The average molecular weight is 261 g/mol. The molecule has 0 heterocycles. The van der Waals surface area contributed by atoms with Gasteiger partial charge in [0.25, 0.3) is 0 Å². The topological polar surface area (TPSA) is 49.3 Å². The lowest BCUT2D eigenvalue weighted by Gasteiger charge is -2.24. The smallest absolute Gasteiger partial charge is 0.227 e. The number of halogens is 1.